The second-order valence-electron chi connectivity index (χ2n) is 5.97. The van der Waals surface area contributed by atoms with Gasteiger partial charge in [0, 0.05) is 0 Å². The monoisotopic (exact) mass is 402 g/mol. The van der Waals surface area contributed by atoms with Gasteiger partial charge in [-0.2, -0.15) is 0 Å². The second kappa shape index (κ2) is 7.30. The van der Waals surface area contributed by atoms with Gasteiger partial charge in [-0.3, -0.25) is 0 Å². The van der Waals surface area contributed by atoms with Crippen LogP contribution in [0.25, 0.3) is 11.2 Å². The third kappa shape index (κ3) is 3.39. The Labute approximate surface area is 145 Å². The van der Waals surface area contributed by atoms with Crippen molar-refractivity contribution in [3.63, 3.8) is 0 Å². The normalized spacial score (nSPS) is 28.5. The van der Waals surface area contributed by atoms with Crippen molar-refractivity contribution >= 4 is 31.9 Å². The molecule has 0 aliphatic carbocycles. The third-order valence-electron chi connectivity index (χ3n) is 4.00. The molecule has 9 nitrogen and oxygen atoms in total. The fraction of sp³-hybridized carbons (Fsp3) is 0.643. The molecule has 0 radical (unpaired) electrons. The Kier molecular flexibility index (Phi) is 5.33. The number of aliphatic hydroxyl groups excluding tert-OH is 2. The van der Waals surface area contributed by atoms with Gasteiger partial charge in [-0.15, -0.1) is 0 Å². The molecule has 0 aromatic carbocycles. The average Bonchev–Trinajstić information content (AvgIpc) is 3.08. The summed E-state index contributed by atoms with van der Waals surface area (Å²) in [5.41, 5.74) is 12.4. The fourth-order valence-corrected chi connectivity index (χ4v) is 5.17. The summed E-state index contributed by atoms with van der Waals surface area (Å²) in [5, 5.41) is 22.4. The Balaban J connectivity index is 1.71. The summed E-state index contributed by atoms with van der Waals surface area (Å²) in [7, 11) is 0. The molecule has 0 amide bonds. The van der Waals surface area contributed by atoms with E-state index in [1.165, 1.54) is 12.7 Å². The number of aromatic nitrogens is 4. The minimum absolute atomic E-state index is 0.182. The number of fused-ring (bicyclic) bond motifs is 1. The molecule has 1 aliphatic rings. The molecule has 1 unspecified atom stereocenters. The Hall–Kier alpha value is -1.29. The molecular formula is C14H22N6O3Se. The molecule has 3 heterocycles. The Bertz CT molecular complexity index is 696. The maximum absolute atomic E-state index is 10.4. The zero-order chi connectivity index (χ0) is 17.3. The quantitative estimate of drug-likeness (QED) is 0.368. The summed E-state index contributed by atoms with van der Waals surface area (Å²) in [5.74, 6) is 0.266. The van der Waals surface area contributed by atoms with Gasteiger partial charge in [-0.25, -0.2) is 0 Å². The zero-order valence-corrected chi connectivity index (χ0v) is 15.0. The molecule has 132 valence electrons. The van der Waals surface area contributed by atoms with Gasteiger partial charge in [-0.1, -0.05) is 0 Å². The van der Waals surface area contributed by atoms with E-state index in [0.717, 1.165) is 17.1 Å². The number of aliphatic hydroxyl groups is 2. The van der Waals surface area contributed by atoms with Gasteiger partial charge in [0.25, 0.3) is 0 Å². The molecule has 3 rings (SSSR count). The number of hydrogen-bond donors (Lipinski definition) is 4. The molecule has 6 N–H and O–H groups in total. The van der Waals surface area contributed by atoms with E-state index in [4.69, 9.17) is 16.2 Å². The summed E-state index contributed by atoms with van der Waals surface area (Å²) >= 11 is 0.303. The molecule has 0 spiro atoms. The summed E-state index contributed by atoms with van der Waals surface area (Å²) in [6.45, 7) is 1.98. The first kappa shape index (κ1) is 17.5. The van der Waals surface area contributed by atoms with Crippen LogP contribution in [0.3, 0.4) is 0 Å². The van der Waals surface area contributed by atoms with Crippen LogP contribution in [0.2, 0.25) is 10.6 Å². The number of hydrogen-bond acceptors (Lipinski definition) is 8. The van der Waals surface area contributed by atoms with Crippen molar-refractivity contribution in [2.24, 2.45) is 5.73 Å². The first-order valence-electron chi connectivity index (χ1n) is 7.77. The second-order valence-corrected chi connectivity index (χ2v) is 8.38. The van der Waals surface area contributed by atoms with Crippen molar-refractivity contribution in [3.05, 3.63) is 12.7 Å². The molecule has 2 aromatic rings. The van der Waals surface area contributed by atoms with E-state index in [-0.39, 0.29) is 11.9 Å². The van der Waals surface area contributed by atoms with Crippen LogP contribution < -0.4 is 11.5 Å². The van der Waals surface area contributed by atoms with Crippen LogP contribution in [-0.2, 0) is 4.74 Å². The molecule has 0 saturated carbocycles. The van der Waals surface area contributed by atoms with Crippen molar-refractivity contribution < 1.29 is 14.9 Å². The molecule has 1 fully saturated rings. The Morgan fingerprint density at radius 1 is 1.33 bits per heavy atom. The summed E-state index contributed by atoms with van der Waals surface area (Å²) in [4.78, 5) is 12.2. The van der Waals surface area contributed by atoms with Crippen LogP contribution in [0.15, 0.2) is 12.7 Å². The first-order chi connectivity index (χ1) is 11.5. The Morgan fingerprint density at radius 2 is 2.12 bits per heavy atom. The molecule has 2 aromatic heterocycles. The van der Waals surface area contributed by atoms with Gasteiger partial charge in [-0.05, 0) is 0 Å². The van der Waals surface area contributed by atoms with Crippen LogP contribution in [0.5, 0.6) is 0 Å². The molecule has 10 heteroatoms. The van der Waals surface area contributed by atoms with Crippen LogP contribution >= 0.6 is 0 Å². The predicted molar refractivity (Wildman–Crippen MR) is 89.3 cm³/mol. The molecular weight excluding hydrogens is 379 g/mol. The molecule has 5 atom stereocenters. The molecule has 0 bridgehead atoms. The van der Waals surface area contributed by atoms with Gasteiger partial charge in [0.05, 0.1) is 0 Å². The summed E-state index contributed by atoms with van der Waals surface area (Å²) in [6, 6.07) is 0.182. The molecule has 1 aliphatic heterocycles. The topological polar surface area (TPSA) is 145 Å². The summed E-state index contributed by atoms with van der Waals surface area (Å²) in [6.07, 6.45) is 0.652. The fourth-order valence-electron chi connectivity index (χ4n) is 2.62. The number of anilines is 1. The standard InChI is InChI=1S/C14H22N6O3Se/c1-7(15)2-3-24-4-8-10(21)11(22)14(23-8)20-6-19-9-12(16)17-5-18-13(9)20/h5-8,10-11,14,21-22H,2-4,15H2,1H3,(H2,16,17,18)/t7-,8-,10+,11?,14-/m1/s1. The van der Waals surface area contributed by atoms with Crippen LogP contribution in [0, 0.1) is 0 Å². The van der Waals surface area contributed by atoms with E-state index in [9.17, 15) is 10.2 Å². The number of nitrogen functional groups attached to an aromatic ring is 1. The van der Waals surface area contributed by atoms with Gasteiger partial charge < -0.3 is 0 Å². The maximum atomic E-state index is 10.4. The number of ether oxygens (including phenoxy) is 1. The van der Waals surface area contributed by atoms with Crippen molar-refractivity contribution in [3.8, 4) is 0 Å². The Morgan fingerprint density at radius 3 is 2.88 bits per heavy atom. The van der Waals surface area contributed by atoms with Crippen LogP contribution in [-0.4, -0.2) is 69.0 Å². The van der Waals surface area contributed by atoms with Crippen molar-refractivity contribution in [2.45, 2.75) is 54.6 Å². The average molecular weight is 401 g/mol. The zero-order valence-electron chi connectivity index (χ0n) is 13.3. The van der Waals surface area contributed by atoms with Crippen molar-refractivity contribution in [2.75, 3.05) is 5.73 Å². The number of nitrogens with two attached hydrogens (primary N) is 2. The van der Waals surface area contributed by atoms with Crippen molar-refractivity contribution in [1.82, 2.24) is 19.5 Å². The van der Waals surface area contributed by atoms with Crippen LogP contribution in [0.1, 0.15) is 19.6 Å². The van der Waals surface area contributed by atoms with Crippen LogP contribution in [0.4, 0.5) is 5.82 Å². The van der Waals surface area contributed by atoms with Gasteiger partial charge >= 0.3 is 145 Å². The van der Waals surface area contributed by atoms with Gasteiger partial charge in [0.2, 0.25) is 0 Å². The number of rotatable bonds is 6. The minimum atomic E-state index is -1.05. The number of imidazole rings is 1. The van der Waals surface area contributed by atoms with E-state index in [0.29, 0.717) is 26.1 Å². The van der Waals surface area contributed by atoms with E-state index >= 15 is 0 Å². The van der Waals surface area contributed by atoms with Gasteiger partial charge in [0.15, 0.2) is 0 Å². The van der Waals surface area contributed by atoms with Gasteiger partial charge in [0.1, 0.15) is 0 Å². The first-order valence-corrected chi connectivity index (χ1v) is 10.2. The van der Waals surface area contributed by atoms with E-state index in [1.54, 1.807) is 4.57 Å². The SMILES string of the molecule is C[C@@H](N)CC[Se]C[C@H]1O[C@@H](n2cnc3c(N)ncnc32)C(O)[C@H]1O. The molecule has 24 heavy (non-hydrogen) atoms. The van der Waals surface area contributed by atoms with E-state index in [1.807, 2.05) is 6.92 Å². The van der Waals surface area contributed by atoms with E-state index < -0.39 is 24.5 Å². The van der Waals surface area contributed by atoms with E-state index in [2.05, 4.69) is 15.0 Å². The van der Waals surface area contributed by atoms with Crippen molar-refractivity contribution in [1.29, 1.82) is 0 Å². The molecule has 1 saturated heterocycles. The predicted octanol–water partition coefficient (Wildman–Crippen LogP) is -0.694. The number of nitrogens with zero attached hydrogens (tertiary/aromatic N) is 4. The third-order valence-corrected chi connectivity index (χ3v) is 6.28. The summed E-state index contributed by atoms with van der Waals surface area (Å²) < 4.78 is 7.48.